The van der Waals surface area contributed by atoms with Crippen molar-refractivity contribution in [1.82, 2.24) is 4.90 Å². The number of hydrogen-bond donors (Lipinski definition) is 0. The predicted octanol–water partition coefficient (Wildman–Crippen LogP) is 2.25. The monoisotopic (exact) mass is 307 g/mol. The van der Waals surface area contributed by atoms with Gasteiger partial charge >= 0.3 is 0 Å². The van der Waals surface area contributed by atoms with Crippen molar-refractivity contribution in [3.05, 3.63) is 35.0 Å². The molecule has 1 aromatic rings. The molecule has 0 radical (unpaired) electrons. The molecule has 2 aliphatic heterocycles. The standard InChI is InChI=1S/C16H21NO3S/c1-2-6-19-14-10-17(13-4-3-7-20-16(13)14)15(18)9-12-5-8-21-11-12/h2,5,8,11,13-14,16H,1,3-4,6-7,9-10H2/t13-,14+,16+/m1/s1. The number of fused-ring (bicyclic) bond motifs is 1. The molecule has 4 nitrogen and oxygen atoms in total. The maximum absolute atomic E-state index is 12.6. The van der Waals surface area contributed by atoms with Crippen LogP contribution >= 0.6 is 11.3 Å². The molecule has 2 fully saturated rings. The van der Waals surface area contributed by atoms with Crippen molar-refractivity contribution in [2.24, 2.45) is 0 Å². The lowest BCUT2D eigenvalue weighted by molar-refractivity contribution is -0.134. The molecule has 2 saturated heterocycles. The lowest BCUT2D eigenvalue weighted by Crippen LogP contribution is -2.44. The van der Waals surface area contributed by atoms with Crippen LogP contribution in [0.1, 0.15) is 18.4 Å². The van der Waals surface area contributed by atoms with Gasteiger partial charge in [0.05, 0.1) is 19.1 Å². The molecule has 0 aliphatic carbocycles. The Morgan fingerprint density at radius 2 is 2.52 bits per heavy atom. The van der Waals surface area contributed by atoms with Crippen molar-refractivity contribution in [2.75, 3.05) is 19.8 Å². The van der Waals surface area contributed by atoms with E-state index in [4.69, 9.17) is 9.47 Å². The lowest BCUT2D eigenvalue weighted by atomic mass is 10.0. The molecule has 0 saturated carbocycles. The summed E-state index contributed by atoms with van der Waals surface area (Å²) in [4.78, 5) is 14.6. The van der Waals surface area contributed by atoms with E-state index in [1.165, 1.54) is 0 Å². The number of hydrogen-bond acceptors (Lipinski definition) is 4. The van der Waals surface area contributed by atoms with Crippen LogP contribution in [0.4, 0.5) is 0 Å². The first-order chi connectivity index (χ1) is 10.3. The summed E-state index contributed by atoms with van der Waals surface area (Å²) in [5, 5.41) is 4.05. The van der Waals surface area contributed by atoms with Gasteiger partial charge in [-0.2, -0.15) is 11.3 Å². The Kier molecular flexibility index (Phi) is 4.73. The Bertz CT molecular complexity index is 488. The Balaban J connectivity index is 1.68. The van der Waals surface area contributed by atoms with E-state index < -0.39 is 0 Å². The van der Waals surface area contributed by atoms with Crippen molar-refractivity contribution in [3.8, 4) is 0 Å². The number of rotatable bonds is 5. The van der Waals surface area contributed by atoms with Gasteiger partial charge in [-0.15, -0.1) is 6.58 Å². The number of likely N-dealkylation sites (tertiary alicyclic amines) is 1. The molecule has 3 atom stereocenters. The van der Waals surface area contributed by atoms with E-state index in [0.29, 0.717) is 19.6 Å². The maximum atomic E-state index is 12.6. The van der Waals surface area contributed by atoms with Crippen LogP contribution in [0.3, 0.4) is 0 Å². The van der Waals surface area contributed by atoms with E-state index in [-0.39, 0.29) is 24.2 Å². The number of amides is 1. The fraction of sp³-hybridized carbons (Fsp3) is 0.562. The van der Waals surface area contributed by atoms with Gasteiger partial charge in [0.15, 0.2) is 0 Å². The molecule has 114 valence electrons. The predicted molar refractivity (Wildman–Crippen MR) is 82.4 cm³/mol. The molecule has 0 spiro atoms. The van der Waals surface area contributed by atoms with Gasteiger partial charge in [0.2, 0.25) is 5.91 Å². The maximum Gasteiger partial charge on any atom is 0.227 e. The van der Waals surface area contributed by atoms with Gasteiger partial charge < -0.3 is 14.4 Å². The Labute approximate surface area is 129 Å². The summed E-state index contributed by atoms with van der Waals surface area (Å²) < 4.78 is 11.7. The summed E-state index contributed by atoms with van der Waals surface area (Å²) in [6.07, 6.45) is 4.23. The van der Waals surface area contributed by atoms with Crippen LogP contribution in [0, 0.1) is 0 Å². The second-order valence-corrected chi connectivity index (χ2v) is 6.34. The third-order valence-electron chi connectivity index (χ3n) is 4.16. The molecular weight excluding hydrogens is 286 g/mol. The summed E-state index contributed by atoms with van der Waals surface area (Å²) in [5.74, 6) is 0.179. The molecule has 5 heteroatoms. The van der Waals surface area contributed by atoms with E-state index >= 15 is 0 Å². The van der Waals surface area contributed by atoms with Crippen LogP contribution in [0.25, 0.3) is 0 Å². The van der Waals surface area contributed by atoms with Gasteiger partial charge in [0, 0.05) is 13.2 Å². The molecule has 1 amide bonds. The fourth-order valence-corrected chi connectivity index (χ4v) is 3.87. The molecule has 1 aromatic heterocycles. The number of nitrogens with zero attached hydrogens (tertiary/aromatic N) is 1. The first kappa shape index (κ1) is 14.8. The molecule has 0 unspecified atom stereocenters. The minimum atomic E-state index is -0.0280. The highest BCUT2D eigenvalue weighted by molar-refractivity contribution is 7.07. The average Bonchev–Trinajstić information content (AvgIpc) is 3.12. The normalized spacial score (nSPS) is 28.4. The molecule has 0 bridgehead atoms. The van der Waals surface area contributed by atoms with Gasteiger partial charge in [0.1, 0.15) is 12.2 Å². The summed E-state index contributed by atoms with van der Waals surface area (Å²) in [6, 6.07) is 2.18. The van der Waals surface area contributed by atoms with Gasteiger partial charge in [-0.25, -0.2) is 0 Å². The van der Waals surface area contributed by atoms with Gasteiger partial charge in [-0.1, -0.05) is 6.08 Å². The van der Waals surface area contributed by atoms with Crippen molar-refractivity contribution in [2.45, 2.75) is 37.5 Å². The summed E-state index contributed by atoms with van der Waals surface area (Å²) >= 11 is 1.63. The molecule has 2 aliphatic rings. The molecule has 3 rings (SSSR count). The topological polar surface area (TPSA) is 38.8 Å². The molecule has 0 aromatic carbocycles. The molecule has 21 heavy (non-hydrogen) atoms. The van der Waals surface area contributed by atoms with Crippen LogP contribution in [0.15, 0.2) is 29.5 Å². The molecular formula is C16H21NO3S. The van der Waals surface area contributed by atoms with Crippen molar-refractivity contribution >= 4 is 17.2 Å². The van der Waals surface area contributed by atoms with Crippen molar-refractivity contribution in [3.63, 3.8) is 0 Å². The minimum Gasteiger partial charge on any atom is -0.373 e. The smallest absolute Gasteiger partial charge is 0.227 e. The van der Waals surface area contributed by atoms with E-state index in [9.17, 15) is 4.79 Å². The first-order valence-corrected chi connectivity index (χ1v) is 8.38. The van der Waals surface area contributed by atoms with Crippen LogP contribution in [-0.4, -0.2) is 48.8 Å². The zero-order valence-electron chi connectivity index (χ0n) is 12.1. The van der Waals surface area contributed by atoms with Gasteiger partial charge in [-0.3, -0.25) is 4.79 Å². The summed E-state index contributed by atoms with van der Waals surface area (Å²) in [5.41, 5.74) is 1.09. The van der Waals surface area contributed by atoms with Crippen molar-refractivity contribution < 1.29 is 14.3 Å². The van der Waals surface area contributed by atoms with E-state index in [1.54, 1.807) is 17.4 Å². The van der Waals surface area contributed by atoms with Crippen molar-refractivity contribution in [1.29, 1.82) is 0 Å². The van der Waals surface area contributed by atoms with Crippen LogP contribution < -0.4 is 0 Å². The third kappa shape index (κ3) is 3.20. The Morgan fingerprint density at radius 3 is 3.29 bits per heavy atom. The van der Waals surface area contributed by atoms with E-state index in [0.717, 1.165) is 25.0 Å². The third-order valence-corrected chi connectivity index (χ3v) is 4.89. The Hall–Kier alpha value is -1.17. The fourth-order valence-electron chi connectivity index (χ4n) is 3.20. The lowest BCUT2D eigenvalue weighted by Gasteiger charge is -2.32. The first-order valence-electron chi connectivity index (χ1n) is 7.44. The highest BCUT2D eigenvalue weighted by Gasteiger charge is 2.46. The Morgan fingerprint density at radius 1 is 1.62 bits per heavy atom. The van der Waals surface area contributed by atoms with Crippen LogP contribution in [-0.2, 0) is 20.7 Å². The molecule has 3 heterocycles. The van der Waals surface area contributed by atoms with Gasteiger partial charge in [0.25, 0.3) is 0 Å². The second kappa shape index (κ2) is 6.73. The largest absolute Gasteiger partial charge is 0.373 e. The summed E-state index contributed by atoms with van der Waals surface area (Å²) in [7, 11) is 0. The van der Waals surface area contributed by atoms with E-state index in [2.05, 4.69) is 6.58 Å². The number of thiophene rings is 1. The zero-order valence-corrected chi connectivity index (χ0v) is 12.9. The number of carbonyl (C=O) groups is 1. The quantitative estimate of drug-likeness (QED) is 0.783. The SMILES string of the molecule is C=CCO[C@H]1CN(C(=O)Cc2ccsc2)[C@@H]2CCCO[C@H]12. The van der Waals surface area contributed by atoms with E-state index in [1.807, 2.05) is 21.7 Å². The highest BCUT2D eigenvalue weighted by atomic mass is 32.1. The van der Waals surface area contributed by atoms with Crippen LogP contribution in [0.5, 0.6) is 0 Å². The minimum absolute atomic E-state index is 0.0186. The highest BCUT2D eigenvalue weighted by Crippen LogP contribution is 2.31. The number of ether oxygens (including phenoxy) is 2. The average molecular weight is 307 g/mol. The zero-order chi connectivity index (χ0) is 14.7. The van der Waals surface area contributed by atoms with Crippen LogP contribution in [0.2, 0.25) is 0 Å². The van der Waals surface area contributed by atoms with Gasteiger partial charge in [-0.05, 0) is 35.2 Å². The summed E-state index contributed by atoms with van der Waals surface area (Å²) in [6.45, 7) is 5.58. The molecule has 0 N–H and O–H groups in total. The number of carbonyl (C=O) groups excluding carboxylic acids is 1. The second-order valence-electron chi connectivity index (χ2n) is 5.56.